The van der Waals surface area contributed by atoms with E-state index in [9.17, 15) is 25.3 Å². The molecule has 2 rings (SSSR count). The molecular formula is C7H7N3O6. The summed E-state index contributed by atoms with van der Waals surface area (Å²) in [5.74, 6) is -4.03. The molecule has 16 heavy (non-hydrogen) atoms. The summed E-state index contributed by atoms with van der Waals surface area (Å²) >= 11 is 0. The maximum atomic E-state index is 10.8. The Kier molecular flexibility index (Phi) is 1.84. The summed E-state index contributed by atoms with van der Waals surface area (Å²) < 4.78 is 0. The van der Waals surface area contributed by atoms with Gasteiger partial charge in [0.1, 0.15) is 10.7 Å². The smallest absolute Gasteiger partial charge is 0.368 e. The predicted octanol–water partition coefficient (Wildman–Crippen LogP) is -2.82. The van der Waals surface area contributed by atoms with Crippen LogP contribution in [0, 0.1) is 0 Å². The Hall–Kier alpha value is -2.26. The van der Waals surface area contributed by atoms with Crippen molar-refractivity contribution >= 4 is 17.6 Å². The Morgan fingerprint density at radius 1 is 1.50 bits per heavy atom. The van der Waals surface area contributed by atoms with E-state index in [-0.39, 0.29) is 15.8 Å². The van der Waals surface area contributed by atoms with E-state index >= 15 is 0 Å². The molecule has 0 aromatic carbocycles. The maximum absolute atomic E-state index is 10.8. The minimum Gasteiger partial charge on any atom is -0.505 e. The van der Waals surface area contributed by atoms with Crippen molar-refractivity contribution in [3.05, 3.63) is 17.0 Å². The summed E-state index contributed by atoms with van der Waals surface area (Å²) in [6.45, 7) is 0. The zero-order valence-corrected chi connectivity index (χ0v) is 7.62. The van der Waals surface area contributed by atoms with Crippen LogP contribution in [-0.4, -0.2) is 52.4 Å². The quantitative estimate of drug-likeness (QED) is 0.302. The molecule has 0 saturated carbocycles. The van der Waals surface area contributed by atoms with Gasteiger partial charge in [-0.05, 0) is 0 Å². The van der Waals surface area contributed by atoms with E-state index in [1.807, 2.05) is 0 Å². The van der Waals surface area contributed by atoms with E-state index in [0.717, 1.165) is 6.33 Å². The molecule has 86 valence electrons. The van der Waals surface area contributed by atoms with Gasteiger partial charge in [-0.15, -0.1) is 0 Å². The number of hydroxylamine groups is 2. The van der Waals surface area contributed by atoms with Crippen LogP contribution >= 0.6 is 0 Å². The second-order valence-electron chi connectivity index (χ2n) is 3.09. The number of H-pyrrole nitrogens is 1. The molecule has 0 saturated heterocycles. The third-order valence-corrected chi connectivity index (χ3v) is 2.22. The van der Waals surface area contributed by atoms with Crippen LogP contribution in [0.5, 0.6) is 0 Å². The Bertz CT molecular complexity index is 577. The molecule has 1 unspecified atom stereocenters. The number of carboxylic acids is 1. The number of imidazole rings is 1. The van der Waals surface area contributed by atoms with E-state index in [0.29, 0.717) is 0 Å². The number of fused-ring (bicyclic) bond motifs is 1. The number of hydrogen-bond acceptors (Lipinski definition) is 7. The summed E-state index contributed by atoms with van der Waals surface area (Å²) in [5, 5.41) is 45.6. The van der Waals surface area contributed by atoms with Gasteiger partial charge in [-0.3, -0.25) is 5.21 Å². The fourth-order valence-corrected chi connectivity index (χ4v) is 1.36. The van der Waals surface area contributed by atoms with Crippen LogP contribution in [0.25, 0.3) is 11.6 Å². The maximum Gasteiger partial charge on any atom is 0.368 e. The highest BCUT2D eigenvalue weighted by Crippen LogP contribution is 2.23. The third-order valence-electron chi connectivity index (χ3n) is 2.22. The monoisotopic (exact) mass is 229 g/mol. The Balaban J connectivity index is 2.91. The lowest BCUT2D eigenvalue weighted by molar-refractivity contribution is -0.226. The first kappa shape index (κ1) is 10.3. The summed E-state index contributed by atoms with van der Waals surface area (Å²) in [5.41, 5.74) is -3.16. The Labute approximate surface area is 86.8 Å². The van der Waals surface area contributed by atoms with Crippen LogP contribution in [0.15, 0.2) is 6.33 Å². The number of nitrogens with zero attached hydrogens (tertiary/aromatic N) is 2. The summed E-state index contributed by atoms with van der Waals surface area (Å²) in [4.78, 5) is 16.7. The first-order chi connectivity index (χ1) is 7.40. The molecule has 1 aliphatic heterocycles. The predicted molar refractivity (Wildman–Crippen MR) is 46.1 cm³/mol. The Morgan fingerprint density at radius 3 is 2.69 bits per heavy atom. The molecule has 0 amide bonds. The number of aromatic nitrogens is 2. The molecule has 9 nitrogen and oxygen atoms in total. The molecule has 2 heterocycles. The minimum absolute atomic E-state index is 0.203. The lowest BCUT2D eigenvalue weighted by Crippen LogP contribution is -2.60. The highest BCUT2D eigenvalue weighted by molar-refractivity contribution is 5.88. The van der Waals surface area contributed by atoms with Crippen LogP contribution in [0.3, 0.4) is 0 Å². The van der Waals surface area contributed by atoms with Crippen molar-refractivity contribution in [1.82, 2.24) is 15.0 Å². The van der Waals surface area contributed by atoms with Crippen molar-refractivity contribution in [2.24, 2.45) is 0 Å². The molecule has 1 aromatic heterocycles. The van der Waals surface area contributed by atoms with Gasteiger partial charge in [0, 0.05) is 0 Å². The van der Waals surface area contributed by atoms with Crippen LogP contribution in [0.2, 0.25) is 0 Å². The van der Waals surface area contributed by atoms with Gasteiger partial charge >= 0.3 is 11.7 Å². The van der Waals surface area contributed by atoms with E-state index in [2.05, 4.69) is 9.97 Å². The summed E-state index contributed by atoms with van der Waals surface area (Å²) in [6, 6.07) is 0. The highest BCUT2D eigenvalue weighted by atomic mass is 16.6. The first-order valence-electron chi connectivity index (χ1n) is 4.02. The van der Waals surface area contributed by atoms with Crippen molar-refractivity contribution in [2.75, 3.05) is 0 Å². The van der Waals surface area contributed by atoms with Gasteiger partial charge in [-0.25, -0.2) is 9.78 Å². The molecule has 1 atom stereocenters. The van der Waals surface area contributed by atoms with Gasteiger partial charge in [0.2, 0.25) is 5.88 Å². The molecule has 0 bridgehead atoms. The number of carboxylic acid groups (broad SMARTS) is 1. The number of aliphatic hydroxyl groups is 3. The molecule has 0 radical (unpaired) electrons. The van der Waals surface area contributed by atoms with Gasteiger partial charge in [-0.1, -0.05) is 0 Å². The van der Waals surface area contributed by atoms with Gasteiger partial charge < -0.3 is 25.4 Å². The van der Waals surface area contributed by atoms with Gasteiger partial charge in [0.15, 0.2) is 5.76 Å². The average molecular weight is 229 g/mol. The summed E-state index contributed by atoms with van der Waals surface area (Å²) in [7, 11) is 0. The summed E-state index contributed by atoms with van der Waals surface area (Å²) in [6.07, 6.45) is 1.05. The topological polar surface area (TPSA) is 150 Å². The minimum atomic E-state index is -3.16. The number of hydrogen-bond donors (Lipinski definition) is 6. The van der Waals surface area contributed by atoms with Crippen LogP contribution in [0.1, 0.15) is 0 Å². The fraction of sp³-hybridized carbons (Fsp3) is 0.143. The molecule has 9 heteroatoms. The largest absolute Gasteiger partial charge is 0.505 e. The molecule has 1 aromatic rings. The highest BCUT2D eigenvalue weighted by Gasteiger charge is 2.52. The normalized spacial score (nSPS) is 24.5. The van der Waals surface area contributed by atoms with Crippen molar-refractivity contribution in [1.29, 1.82) is 0 Å². The number of aliphatic carboxylic acids is 1. The average Bonchev–Trinajstić information content (AvgIpc) is 2.71. The molecule has 0 spiro atoms. The third kappa shape index (κ3) is 0.951. The number of aromatic amines is 1. The van der Waals surface area contributed by atoms with Gasteiger partial charge in [0.25, 0.3) is 0 Å². The van der Waals surface area contributed by atoms with Gasteiger partial charge in [-0.2, -0.15) is 5.06 Å². The van der Waals surface area contributed by atoms with Crippen LogP contribution in [0.4, 0.5) is 0 Å². The molecule has 1 aliphatic rings. The van der Waals surface area contributed by atoms with Crippen LogP contribution in [-0.2, 0) is 4.79 Å². The van der Waals surface area contributed by atoms with E-state index in [4.69, 9.17) is 5.11 Å². The molecular weight excluding hydrogens is 222 g/mol. The van der Waals surface area contributed by atoms with E-state index in [1.165, 1.54) is 0 Å². The number of rotatable bonds is 1. The molecule has 0 fully saturated rings. The van der Waals surface area contributed by atoms with Crippen molar-refractivity contribution < 1.29 is 30.4 Å². The van der Waals surface area contributed by atoms with Gasteiger partial charge in [0.05, 0.1) is 6.33 Å². The van der Waals surface area contributed by atoms with E-state index < -0.39 is 23.3 Å². The molecule has 6 N–H and O–H groups in total. The van der Waals surface area contributed by atoms with Crippen molar-refractivity contribution in [2.45, 2.75) is 5.72 Å². The first-order valence-corrected chi connectivity index (χ1v) is 4.02. The zero-order chi connectivity index (χ0) is 12.1. The van der Waals surface area contributed by atoms with Crippen LogP contribution < -0.4 is 10.7 Å². The Morgan fingerprint density at radius 2 is 2.12 bits per heavy atom. The number of carbonyl (C=O) groups is 1. The lowest BCUT2D eigenvalue weighted by atomic mass is 10.1. The number of aliphatic hydroxyl groups excluding tert-OH is 2. The SMILES string of the molecule is O=C(O)C1(O)C(O)=c2nc[nH]c2=C(O)N1O. The van der Waals surface area contributed by atoms with E-state index in [1.54, 1.807) is 0 Å². The molecule has 0 aliphatic carbocycles. The standard InChI is InChI=1S/C7H7N3O6/c11-4-2-3(9-1-8-2)5(12)10(16)7(4,15)6(13)14/h1,11-12,15-16H,(H,8,9)(H,13,14). The number of nitrogens with one attached hydrogen (secondary N) is 1. The van der Waals surface area contributed by atoms with Crippen molar-refractivity contribution in [3.8, 4) is 0 Å². The second-order valence-corrected chi connectivity index (χ2v) is 3.09. The van der Waals surface area contributed by atoms with Crippen molar-refractivity contribution in [3.63, 3.8) is 0 Å². The second kappa shape index (κ2) is 2.87. The zero-order valence-electron chi connectivity index (χ0n) is 7.62. The lowest BCUT2D eigenvalue weighted by Gasteiger charge is -2.31. The fourth-order valence-electron chi connectivity index (χ4n) is 1.36.